The second-order valence-corrected chi connectivity index (χ2v) is 11.2. The number of aromatic nitrogens is 3. The topological polar surface area (TPSA) is 80.0 Å². The molecule has 2 aliphatic heterocycles. The number of hydrogen-bond acceptors (Lipinski definition) is 7. The van der Waals surface area contributed by atoms with Crippen LogP contribution in [0.4, 0.5) is 29.1 Å². The molecule has 35 heavy (non-hydrogen) atoms. The van der Waals surface area contributed by atoms with Crippen LogP contribution in [0, 0.1) is 12.7 Å². The minimum absolute atomic E-state index is 0.00370. The molecule has 3 N–H and O–H groups in total. The van der Waals surface area contributed by atoms with Crippen molar-refractivity contribution >= 4 is 68.4 Å². The minimum atomic E-state index is -4.85. The summed E-state index contributed by atoms with van der Waals surface area (Å²) in [6.07, 6.45) is -3.51. The van der Waals surface area contributed by atoms with Gasteiger partial charge in [0.05, 0.1) is 44.5 Å². The molecule has 13 heteroatoms. The van der Waals surface area contributed by atoms with Gasteiger partial charge in [-0.1, -0.05) is 41.1 Å². The van der Waals surface area contributed by atoms with E-state index in [9.17, 15) is 13.2 Å². The van der Waals surface area contributed by atoms with E-state index in [0.29, 0.717) is 22.8 Å². The molecule has 3 atom stereocenters. The summed E-state index contributed by atoms with van der Waals surface area (Å²) in [6, 6.07) is 1.20. The number of alkyl halides is 4. The Labute approximate surface area is 221 Å². The lowest BCUT2D eigenvalue weighted by Crippen LogP contribution is -2.62. The van der Waals surface area contributed by atoms with Crippen molar-refractivity contribution in [3.8, 4) is 11.3 Å². The van der Waals surface area contributed by atoms with Gasteiger partial charge in [0, 0.05) is 28.8 Å². The Morgan fingerprint density at radius 1 is 1.34 bits per heavy atom. The van der Waals surface area contributed by atoms with Gasteiger partial charge in [-0.25, -0.2) is 19.3 Å². The molecule has 3 aromatic rings. The molecule has 1 aromatic carbocycles. The van der Waals surface area contributed by atoms with E-state index in [1.807, 2.05) is 6.92 Å². The van der Waals surface area contributed by atoms with Crippen molar-refractivity contribution in [2.75, 3.05) is 28.2 Å². The van der Waals surface area contributed by atoms with Crippen LogP contribution in [0.25, 0.3) is 22.2 Å². The Hall–Kier alpha value is -1.64. The first-order valence-corrected chi connectivity index (χ1v) is 13.6. The molecule has 186 valence electrons. The number of benzene rings is 1. The highest BCUT2D eigenvalue weighted by Crippen LogP contribution is 2.49. The van der Waals surface area contributed by atoms with Gasteiger partial charge in [0.25, 0.3) is 0 Å². The molecule has 2 aliphatic rings. The van der Waals surface area contributed by atoms with Crippen LogP contribution in [0.15, 0.2) is 17.4 Å². The van der Waals surface area contributed by atoms with Crippen LogP contribution in [0.2, 0.25) is 5.02 Å². The molecule has 0 amide bonds. The zero-order valence-corrected chi connectivity index (χ0v) is 22.3. The van der Waals surface area contributed by atoms with Gasteiger partial charge in [0.2, 0.25) is 0 Å². The van der Waals surface area contributed by atoms with Crippen molar-refractivity contribution < 1.29 is 17.6 Å². The number of hydrogen-bond donors (Lipinski definition) is 2. The molecular formula is C22H20ClF4IN6S. The standard InChI is InChI=1S/C22H20ClF4IN6S/c1-8-5-10(29)16(24)12(14(8)22(25,26)27)18-15(23)17-13-20(32-7-31-17)34-4-3-30-11(6-28)19(34)9(2)35-21(13)33-18/h5,7,9,11,19,30H,3-4,6,29H2,1-2H3/t9-,11?,19+/m0/s1. The Morgan fingerprint density at radius 2 is 2.09 bits per heavy atom. The van der Waals surface area contributed by atoms with Gasteiger partial charge < -0.3 is 16.0 Å². The van der Waals surface area contributed by atoms with Crippen LogP contribution >= 0.6 is 46.0 Å². The highest BCUT2D eigenvalue weighted by atomic mass is 127. The number of fused-ring (bicyclic) bond motifs is 2. The number of nitrogens with one attached hydrogen (secondary N) is 1. The van der Waals surface area contributed by atoms with E-state index in [-0.39, 0.29) is 39.1 Å². The molecule has 0 saturated carbocycles. The first kappa shape index (κ1) is 25.0. The highest BCUT2D eigenvalue weighted by Gasteiger charge is 2.42. The van der Waals surface area contributed by atoms with E-state index in [4.69, 9.17) is 17.3 Å². The average Bonchev–Trinajstić information content (AvgIpc) is 2.92. The number of anilines is 2. The number of halogens is 6. The first-order chi connectivity index (χ1) is 16.5. The van der Waals surface area contributed by atoms with Crippen molar-refractivity contribution in [3.05, 3.63) is 34.4 Å². The summed E-state index contributed by atoms with van der Waals surface area (Å²) in [4.78, 5) is 15.6. The van der Waals surface area contributed by atoms with Gasteiger partial charge in [0.15, 0.2) is 5.82 Å². The normalized spacial score (nSPS) is 22.3. The Balaban J connectivity index is 1.83. The summed E-state index contributed by atoms with van der Waals surface area (Å²) < 4.78 is 58.4. The maximum Gasteiger partial charge on any atom is 0.417 e. The lowest BCUT2D eigenvalue weighted by atomic mass is 9.96. The van der Waals surface area contributed by atoms with Crippen molar-refractivity contribution in [2.24, 2.45) is 0 Å². The SMILES string of the molecule is Cc1cc(N)c(F)c(-c2nc3c4c(ncnc4c2Cl)N2CCNC(CI)[C@H]2[C@H](C)S3)c1C(F)(F)F. The van der Waals surface area contributed by atoms with Gasteiger partial charge in [-0.2, -0.15) is 13.2 Å². The van der Waals surface area contributed by atoms with E-state index in [1.54, 1.807) is 0 Å². The predicted molar refractivity (Wildman–Crippen MR) is 139 cm³/mol. The van der Waals surface area contributed by atoms with E-state index in [0.717, 1.165) is 17.0 Å². The number of nitrogen functional groups attached to an aromatic ring is 1. The molecule has 4 heterocycles. The maximum atomic E-state index is 15.3. The van der Waals surface area contributed by atoms with Crippen LogP contribution in [-0.2, 0) is 6.18 Å². The zero-order valence-electron chi connectivity index (χ0n) is 18.6. The monoisotopic (exact) mass is 638 g/mol. The quantitative estimate of drug-likeness (QED) is 0.167. The maximum absolute atomic E-state index is 15.3. The fourth-order valence-electron chi connectivity index (χ4n) is 5.01. The average molecular weight is 639 g/mol. The summed E-state index contributed by atoms with van der Waals surface area (Å²) in [5.41, 5.74) is 3.09. The molecule has 0 radical (unpaired) electrons. The molecule has 5 rings (SSSR count). The number of thioether (sulfide) groups is 1. The molecule has 1 fully saturated rings. The molecule has 0 bridgehead atoms. The fourth-order valence-corrected chi connectivity index (χ4v) is 7.40. The van der Waals surface area contributed by atoms with Crippen molar-refractivity contribution in [1.82, 2.24) is 20.3 Å². The summed E-state index contributed by atoms with van der Waals surface area (Å²) in [5.74, 6) is -0.583. The third-order valence-electron chi connectivity index (χ3n) is 6.43. The van der Waals surface area contributed by atoms with Crippen LogP contribution in [0.3, 0.4) is 0 Å². The third-order valence-corrected chi connectivity index (χ3v) is 8.90. The number of pyridine rings is 1. The molecule has 6 nitrogen and oxygen atoms in total. The Morgan fingerprint density at radius 3 is 2.77 bits per heavy atom. The predicted octanol–water partition coefficient (Wildman–Crippen LogP) is 5.47. The van der Waals surface area contributed by atoms with Crippen LogP contribution < -0.4 is 16.0 Å². The Bertz CT molecular complexity index is 1340. The van der Waals surface area contributed by atoms with Crippen LogP contribution in [0.1, 0.15) is 18.1 Å². The number of rotatable bonds is 2. The van der Waals surface area contributed by atoms with E-state index in [2.05, 4.69) is 47.8 Å². The number of nitrogens with two attached hydrogens (primary N) is 1. The van der Waals surface area contributed by atoms with Crippen molar-refractivity contribution in [1.29, 1.82) is 0 Å². The molecule has 1 unspecified atom stereocenters. The third kappa shape index (κ3) is 4.00. The number of nitrogens with zero attached hydrogens (tertiary/aromatic N) is 4. The molecule has 1 saturated heterocycles. The van der Waals surface area contributed by atoms with E-state index in [1.165, 1.54) is 25.0 Å². The zero-order chi connectivity index (χ0) is 25.2. The highest BCUT2D eigenvalue weighted by molar-refractivity contribution is 14.1. The second kappa shape index (κ2) is 9.03. The smallest absolute Gasteiger partial charge is 0.396 e. The summed E-state index contributed by atoms with van der Waals surface area (Å²) in [5, 5.41) is 4.33. The van der Waals surface area contributed by atoms with Crippen molar-refractivity contribution in [3.63, 3.8) is 0 Å². The molecule has 0 aliphatic carbocycles. The van der Waals surface area contributed by atoms with E-state index >= 15 is 4.39 Å². The van der Waals surface area contributed by atoms with Gasteiger partial charge in [0.1, 0.15) is 17.2 Å². The first-order valence-electron chi connectivity index (χ1n) is 10.8. The largest absolute Gasteiger partial charge is 0.417 e. The molecular weight excluding hydrogens is 619 g/mol. The summed E-state index contributed by atoms with van der Waals surface area (Å²) in [7, 11) is 0. The fraction of sp³-hybridized carbons (Fsp3) is 0.409. The van der Waals surface area contributed by atoms with Crippen LogP contribution in [0.5, 0.6) is 0 Å². The van der Waals surface area contributed by atoms with Gasteiger partial charge >= 0.3 is 6.18 Å². The van der Waals surface area contributed by atoms with Crippen LogP contribution in [-0.4, -0.2) is 49.8 Å². The lowest BCUT2D eigenvalue weighted by molar-refractivity contribution is -0.137. The summed E-state index contributed by atoms with van der Waals surface area (Å²) in [6.45, 7) is 4.72. The number of piperazine rings is 1. The molecule has 0 spiro atoms. The van der Waals surface area contributed by atoms with Crippen molar-refractivity contribution in [2.45, 2.75) is 42.4 Å². The van der Waals surface area contributed by atoms with Gasteiger partial charge in [-0.3, -0.25) is 0 Å². The minimum Gasteiger partial charge on any atom is -0.396 e. The van der Waals surface area contributed by atoms with E-state index < -0.39 is 28.8 Å². The van der Waals surface area contributed by atoms with Gasteiger partial charge in [-0.15, -0.1) is 11.8 Å². The van der Waals surface area contributed by atoms with Gasteiger partial charge in [-0.05, 0) is 18.6 Å². The second-order valence-electron chi connectivity index (χ2n) is 8.57. The molecule has 2 aromatic heterocycles. The lowest BCUT2D eigenvalue weighted by Gasteiger charge is -2.43. The number of aryl methyl sites for hydroxylation is 1. The Kier molecular flexibility index (Phi) is 6.46. The summed E-state index contributed by atoms with van der Waals surface area (Å²) >= 11 is 10.4.